The molecule has 2 nitrogen and oxygen atoms in total. The molecular formula is C39H32IrN2Te-2. The van der Waals surface area contributed by atoms with Gasteiger partial charge >= 0.3 is 134 Å². The van der Waals surface area contributed by atoms with Gasteiger partial charge in [0.2, 0.25) is 0 Å². The van der Waals surface area contributed by atoms with Crippen molar-refractivity contribution in [3.8, 4) is 33.6 Å². The molecule has 0 atom stereocenters. The zero-order valence-corrected chi connectivity index (χ0v) is 29.7. The monoisotopic (exact) mass is 851 g/mol. The number of fused-ring (bicyclic) bond motifs is 3. The van der Waals surface area contributed by atoms with Crippen molar-refractivity contribution in [1.82, 2.24) is 9.97 Å². The molecule has 7 aromatic rings. The van der Waals surface area contributed by atoms with Gasteiger partial charge in [0.1, 0.15) is 0 Å². The molecule has 0 unspecified atom stereocenters. The van der Waals surface area contributed by atoms with E-state index in [4.69, 9.17) is 0 Å². The SMILES string of the molecule is Cc1cnc(-c2[c-]cc(C)c(-c3ccccc3)c2)cc1C.Cc1cnc(-c2[c-]ccc3c2[te]c2ccccc23)cc1C.[Ir]. The fourth-order valence-corrected chi connectivity index (χ4v) is 8.50. The molecule has 0 amide bonds. The zero-order valence-electron chi connectivity index (χ0n) is 25.0. The van der Waals surface area contributed by atoms with E-state index < -0.39 is 0 Å². The van der Waals surface area contributed by atoms with Crippen LogP contribution in [-0.2, 0) is 20.1 Å². The van der Waals surface area contributed by atoms with Gasteiger partial charge < -0.3 is 4.98 Å². The number of rotatable bonds is 3. The Morgan fingerprint density at radius 2 is 1.26 bits per heavy atom. The summed E-state index contributed by atoms with van der Waals surface area (Å²) in [6.45, 7) is 10.6. The van der Waals surface area contributed by atoms with Gasteiger partial charge in [-0.15, -0.1) is 29.3 Å². The third-order valence-corrected chi connectivity index (χ3v) is 11.3. The van der Waals surface area contributed by atoms with Crippen molar-refractivity contribution in [2.75, 3.05) is 0 Å². The molecule has 4 heteroatoms. The van der Waals surface area contributed by atoms with E-state index in [-0.39, 0.29) is 40.5 Å². The molecule has 0 saturated heterocycles. The third-order valence-electron chi connectivity index (χ3n) is 7.86. The van der Waals surface area contributed by atoms with Crippen molar-refractivity contribution in [2.45, 2.75) is 34.6 Å². The van der Waals surface area contributed by atoms with Crippen LogP contribution in [0.15, 0.2) is 103 Å². The molecule has 3 heterocycles. The molecule has 215 valence electrons. The van der Waals surface area contributed by atoms with Gasteiger partial charge in [0.25, 0.3) is 0 Å². The van der Waals surface area contributed by atoms with E-state index in [9.17, 15) is 0 Å². The maximum absolute atomic E-state index is 4.64. The van der Waals surface area contributed by atoms with Crippen molar-refractivity contribution in [2.24, 2.45) is 0 Å². The van der Waals surface area contributed by atoms with Gasteiger partial charge in [-0.25, -0.2) is 0 Å². The second-order valence-electron chi connectivity index (χ2n) is 10.8. The molecule has 0 aliphatic rings. The maximum Gasteiger partial charge on any atom is 0 e. The molecule has 0 bridgehead atoms. The molecule has 3 aromatic heterocycles. The predicted octanol–water partition coefficient (Wildman–Crippen LogP) is 9.67. The quantitative estimate of drug-likeness (QED) is 0.131. The van der Waals surface area contributed by atoms with E-state index >= 15 is 0 Å². The van der Waals surface area contributed by atoms with E-state index in [1.807, 2.05) is 24.5 Å². The van der Waals surface area contributed by atoms with Crippen LogP contribution in [0.5, 0.6) is 0 Å². The van der Waals surface area contributed by atoms with Crippen LogP contribution in [0.2, 0.25) is 0 Å². The topological polar surface area (TPSA) is 25.8 Å². The largest absolute Gasteiger partial charge is 0 e. The van der Waals surface area contributed by atoms with Crippen molar-refractivity contribution < 1.29 is 20.1 Å². The maximum atomic E-state index is 4.64. The Morgan fingerprint density at radius 3 is 1.98 bits per heavy atom. The first kappa shape index (κ1) is 31.1. The summed E-state index contributed by atoms with van der Waals surface area (Å²) < 4.78 is 3.02. The predicted molar refractivity (Wildman–Crippen MR) is 178 cm³/mol. The molecule has 0 N–H and O–H groups in total. The van der Waals surface area contributed by atoms with Gasteiger partial charge in [-0.05, 0) is 30.7 Å². The second kappa shape index (κ2) is 13.5. The summed E-state index contributed by atoms with van der Waals surface area (Å²) >= 11 is -0.336. The zero-order chi connectivity index (χ0) is 29.2. The summed E-state index contributed by atoms with van der Waals surface area (Å²) in [5, 5.41) is 2.80. The smallest absolute Gasteiger partial charge is 0 e. The number of aryl methyl sites for hydroxylation is 5. The molecule has 0 aliphatic heterocycles. The van der Waals surface area contributed by atoms with Crippen molar-refractivity contribution in [1.29, 1.82) is 0 Å². The van der Waals surface area contributed by atoms with Crippen LogP contribution in [0.1, 0.15) is 27.8 Å². The van der Waals surface area contributed by atoms with Crippen LogP contribution in [0.4, 0.5) is 0 Å². The number of pyridine rings is 2. The first-order chi connectivity index (χ1) is 20.4. The minimum absolute atomic E-state index is 0. The Bertz CT molecular complexity index is 2040. The van der Waals surface area contributed by atoms with Crippen molar-refractivity contribution in [3.63, 3.8) is 0 Å². The summed E-state index contributed by atoms with van der Waals surface area (Å²) in [6.07, 6.45) is 3.90. The van der Waals surface area contributed by atoms with Crippen LogP contribution >= 0.6 is 0 Å². The minimum Gasteiger partial charge on any atom is 0 e. The standard InChI is InChI=1S/C20H18N.C19H14NTe.Ir/c1-14-9-10-18(20-11-15(2)16(3)13-21-20)12-19(14)17-7-5-4-6-8-17;1-12-10-17(20-11-13(12)2)16-8-5-7-15-14-6-3-4-9-18(14)21-19(15)16;/h4-9,11-13H,1-3H3;3-7,9-11H,1-2H3;/q2*-1;. The average molecular weight is 849 g/mol. The summed E-state index contributed by atoms with van der Waals surface area (Å²) in [7, 11) is 0. The molecule has 0 saturated carbocycles. The van der Waals surface area contributed by atoms with E-state index in [1.54, 1.807) is 0 Å². The molecule has 43 heavy (non-hydrogen) atoms. The van der Waals surface area contributed by atoms with Gasteiger partial charge in [0.15, 0.2) is 0 Å². The molecule has 7 rings (SSSR count). The normalized spacial score (nSPS) is 10.7. The van der Waals surface area contributed by atoms with E-state index in [1.165, 1.54) is 62.1 Å². The molecule has 0 spiro atoms. The Hall–Kier alpha value is -3.38. The first-order valence-electron chi connectivity index (χ1n) is 14.2. The van der Waals surface area contributed by atoms with Gasteiger partial charge in [-0.3, -0.25) is 0 Å². The number of benzene rings is 4. The number of hydrogen-bond donors (Lipinski definition) is 0. The summed E-state index contributed by atoms with van der Waals surface area (Å²) in [4.78, 5) is 9.18. The van der Waals surface area contributed by atoms with Crippen LogP contribution < -0.4 is 0 Å². The van der Waals surface area contributed by atoms with Crippen LogP contribution in [-0.4, -0.2) is 30.4 Å². The Morgan fingerprint density at radius 1 is 0.605 bits per heavy atom. The van der Waals surface area contributed by atoms with E-state index in [0.29, 0.717) is 0 Å². The third kappa shape index (κ3) is 6.59. The summed E-state index contributed by atoms with van der Waals surface area (Å²) in [5.41, 5.74) is 13.0. The molecule has 1 radical (unpaired) electrons. The Balaban J connectivity index is 0.000000167. The van der Waals surface area contributed by atoms with Gasteiger partial charge in [0, 0.05) is 26.3 Å². The van der Waals surface area contributed by atoms with Crippen LogP contribution in [0, 0.1) is 46.8 Å². The summed E-state index contributed by atoms with van der Waals surface area (Å²) in [6, 6.07) is 38.8. The van der Waals surface area contributed by atoms with Crippen molar-refractivity contribution in [3.05, 3.63) is 143 Å². The van der Waals surface area contributed by atoms with E-state index in [0.717, 1.165) is 17.0 Å². The number of aromatic nitrogens is 2. The number of nitrogens with zero attached hydrogens (tertiary/aromatic N) is 2. The molecule has 0 fully saturated rings. The van der Waals surface area contributed by atoms with Crippen LogP contribution in [0.3, 0.4) is 0 Å². The van der Waals surface area contributed by atoms with Crippen molar-refractivity contribution >= 4 is 38.0 Å². The fourth-order valence-electron chi connectivity index (χ4n) is 5.05. The minimum atomic E-state index is -0.336. The Labute approximate surface area is 277 Å². The molecule has 0 aliphatic carbocycles. The van der Waals surface area contributed by atoms with E-state index in [2.05, 4.69) is 136 Å². The average Bonchev–Trinajstić information content (AvgIpc) is 3.40. The van der Waals surface area contributed by atoms with Gasteiger partial charge in [-0.1, -0.05) is 54.4 Å². The van der Waals surface area contributed by atoms with Gasteiger partial charge in [-0.2, -0.15) is 0 Å². The molecular weight excluding hydrogens is 816 g/mol. The summed E-state index contributed by atoms with van der Waals surface area (Å²) in [5.74, 6) is 0. The van der Waals surface area contributed by atoms with Crippen LogP contribution in [0.25, 0.3) is 51.2 Å². The fraction of sp³-hybridized carbons (Fsp3) is 0.128. The van der Waals surface area contributed by atoms with Gasteiger partial charge in [0.05, 0.1) is 0 Å². The second-order valence-corrected chi connectivity index (χ2v) is 13.8. The molecule has 4 aromatic carbocycles. The first-order valence-corrected chi connectivity index (χ1v) is 16.5. The number of hydrogen-bond acceptors (Lipinski definition) is 2. The Kier molecular flexibility index (Phi) is 9.75.